The molecule has 0 spiro atoms. The van der Waals surface area contributed by atoms with Gasteiger partial charge in [0.2, 0.25) is 0 Å². The molecule has 1 nitrogen and oxygen atoms in total. The van der Waals surface area contributed by atoms with Crippen LogP contribution in [0.25, 0.3) is 0 Å². The van der Waals surface area contributed by atoms with Gasteiger partial charge in [0, 0.05) is 11.4 Å². The lowest BCUT2D eigenvalue weighted by Crippen LogP contribution is -1.99. The zero-order valence-corrected chi connectivity index (χ0v) is 9.40. The minimum atomic E-state index is 0.692. The van der Waals surface area contributed by atoms with E-state index < -0.39 is 0 Å². The first-order valence-electron chi connectivity index (χ1n) is 4.66. The Bertz CT molecular complexity index is 258. The third-order valence-corrected chi connectivity index (χ3v) is 2.36. The van der Waals surface area contributed by atoms with E-state index in [1.807, 2.05) is 11.8 Å². The Hall–Kier alpha value is -0.500. The molecule has 0 aliphatic carbocycles. The van der Waals surface area contributed by atoms with E-state index in [9.17, 15) is 0 Å². The first kappa shape index (κ1) is 10.6. The van der Waals surface area contributed by atoms with E-state index in [4.69, 9.17) is 0 Å². The maximum absolute atomic E-state index is 4.58. The van der Waals surface area contributed by atoms with Gasteiger partial charge >= 0.3 is 0 Å². The molecule has 1 aromatic heterocycles. The number of pyridine rings is 1. The number of aromatic nitrogens is 1. The molecule has 0 bridgehead atoms. The average molecular weight is 195 g/mol. The Kier molecular flexibility index (Phi) is 4.29. The molecule has 72 valence electrons. The lowest BCUT2D eigenvalue weighted by Gasteiger charge is -2.05. The van der Waals surface area contributed by atoms with Crippen LogP contribution in [0.2, 0.25) is 0 Å². The molecule has 0 fully saturated rings. The molecule has 0 amide bonds. The van der Waals surface area contributed by atoms with E-state index in [1.165, 1.54) is 11.4 Å². The van der Waals surface area contributed by atoms with Crippen LogP contribution >= 0.6 is 11.8 Å². The molecule has 1 aromatic rings. The van der Waals surface area contributed by atoms with Crippen LogP contribution in [-0.4, -0.2) is 11.2 Å². The largest absolute Gasteiger partial charge is 0.257 e. The number of hydrogen-bond acceptors (Lipinski definition) is 2. The molecule has 13 heavy (non-hydrogen) atoms. The molecule has 2 heteroatoms. The summed E-state index contributed by atoms with van der Waals surface area (Å²) in [5.74, 6) is 1.71. The molecule has 0 saturated heterocycles. The first-order chi connectivity index (χ1) is 6.22. The Balaban J connectivity index is 2.67. The van der Waals surface area contributed by atoms with Crippen molar-refractivity contribution in [2.75, 3.05) is 6.26 Å². The highest BCUT2D eigenvalue weighted by molar-refractivity contribution is 7.97. The summed E-state index contributed by atoms with van der Waals surface area (Å²) in [5.41, 5.74) is 2.42. The van der Waals surface area contributed by atoms with Gasteiger partial charge in [0.25, 0.3) is 0 Å². The summed E-state index contributed by atoms with van der Waals surface area (Å²) in [6, 6.07) is 6.32. The van der Waals surface area contributed by atoms with Gasteiger partial charge in [0.05, 0.1) is 5.69 Å². The van der Waals surface area contributed by atoms with Crippen LogP contribution in [0.4, 0.5) is 0 Å². The van der Waals surface area contributed by atoms with Crippen LogP contribution in [0.15, 0.2) is 18.2 Å². The zero-order valence-electron chi connectivity index (χ0n) is 8.58. The summed E-state index contributed by atoms with van der Waals surface area (Å²) in [6.45, 7) is 4.45. The fraction of sp³-hybridized carbons (Fsp3) is 0.545. The second-order valence-corrected chi connectivity index (χ2v) is 4.52. The van der Waals surface area contributed by atoms with Gasteiger partial charge in [-0.05, 0) is 30.7 Å². The Morgan fingerprint density at radius 1 is 1.31 bits per heavy atom. The molecular formula is C11H17NS. The molecular weight excluding hydrogens is 178 g/mol. The summed E-state index contributed by atoms with van der Waals surface area (Å²) >= 11 is 1.82. The molecule has 0 aromatic carbocycles. The van der Waals surface area contributed by atoms with E-state index in [1.54, 1.807) is 0 Å². The number of nitrogens with zero attached hydrogens (tertiary/aromatic N) is 1. The maximum atomic E-state index is 4.58. The van der Waals surface area contributed by atoms with Crippen LogP contribution in [-0.2, 0) is 12.2 Å². The van der Waals surface area contributed by atoms with Crippen molar-refractivity contribution >= 4 is 11.8 Å². The smallest absolute Gasteiger partial charge is 0.0505 e. The predicted molar refractivity (Wildman–Crippen MR) is 60.0 cm³/mol. The van der Waals surface area contributed by atoms with E-state index in [-0.39, 0.29) is 0 Å². The average Bonchev–Trinajstić information content (AvgIpc) is 2.04. The Labute approximate surface area is 85.0 Å². The van der Waals surface area contributed by atoms with Crippen molar-refractivity contribution in [3.63, 3.8) is 0 Å². The van der Waals surface area contributed by atoms with Crippen molar-refractivity contribution in [3.05, 3.63) is 29.6 Å². The molecule has 0 aliphatic rings. The fourth-order valence-corrected chi connectivity index (χ4v) is 1.75. The summed E-state index contributed by atoms with van der Waals surface area (Å²) in [5, 5.41) is 0. The normalized spacial score (nSPS) is 10.8. The van der Waals surface area contributed by atoms with Gasteiger partial charge in [0.15, 0.2) is 0 Å². The van der Waals surface area contributed by atoms with Gasteiger partial charge < -0.3 is 0 Å². The van der Waals surface area contributed by atoms with Crippen molar-refractivity contribution < 1.29 is 0 Å². The van der Waals surface area contributed by atoms with E-state index in [0.29, 0.717) is 5.92 Å². The number of thioether (sulfide) groups is 1. The van der Waals surface area contributed by atoms with Gasteiger partial charge in [0.1, 0.15) is 0 Å². The van der Waals surface area contributed by atoms with Crippen LogP contribution in [0.5, 0.6) is 0 Å². The summed E-state index contributed by atoms with van der Waals surface area (Å²) in [4.78, 5) is 4.58. The Morgan fingerprint density at radius 3 is 2.62 bits per heavy atom. The molecule has 0 N–H and O–H groups in total. The van der Waals surface area contributed by atoms with Crippen molar-refractivity contribution in [2.45, 2.75) is 26.0 Å². The molecule has 0 saturated carbocycles. The molecule has 1 heterocycles. The Morgan fingerprint density at radius 2 is 2.00 bits per heavy atom. The highest BCUT2D eigenvalue weighted by atomic mass is 32.2. The van der Waals surface area contributed by atoms with Crippen LogP contribution in [0.3, 0.4) is 0 Å². The van der Waals surface area contributed by atoms with Gasteiger partial charge in [-0.1, -0.05) is 19.9 Å². The van der Waals surface area contributed by atoms with E-state index in [0.717, 1.165) is 12.2 Å². The SMILES string of the molecule is CSCc1cccc(CC(C)C)n1. The lowest BCUT2D eigenvalue weighted by molar-refractivity contribution is 0.634. The van der Waals surface area contributed by atoms with E-state index >= 15 is 0 Å². The molecule has 1 rings (SSSR count). The van der Waals surface area contributed by atoms with Crippen molar-refractivity contribution in [3.8, 4) is 0 Å². The summed E-state index contributed by atoms with van der Waals surface area (Å²) in [6.07, 6.45) is 3.19. The molecule has 0 radical (unpaired) electrons. The highest BCUT2D eigenvalue weighted by Gasteiger charge is 2.00. The quantitative estimate of drug-likeness (QED) is 0.732. The molecule has 0 aliphatic heterocycles. The van der Waals surface area contributed by atoms with Gasteiger partial charge in [-0.2, -0.15) is 11.8 Å². The minimum absolute atomic E-state index is 0.692. The predicted octanol–water partition coefficient (Wildman–Crippen LogP) is 3.14. The summed E-state index contributed by atoms with van der Waals surface area (Å²) in [7, 11) is 0. The van der Waals surface area contributed by atoms with Crippen molar-refractivity contribution in [2.24, 2.45) is 5.92 Å². The maximum Gasteiger partial charge on any atom is 0.0505 e. The second-order valence-electron chi connectivity index (χ2n) is 3.65. The van der Waals surface area contributed by atoms with Crippen molar-refractivity contribution in [1.29, 1.82) is 0 Å². The minimum Gasteiger partial charge on any atom is -0.257 e. The number of hydrogen-bond donors (Lipinski definition) is 0. The monoisotopic (exact) mass is 195 g/mol. The van der Waals surface area contributed by atoms with Crippen molar-refractivity contribution in [1.82, 2.24) is 4.98 Å². The van der Waals surface area contributed by atoms with Gasteiger partial charge in [-0.15, -0.1) is 0 Å². The fourth-order valence-electron chi connectivity index (χ4n) is 1.29. The van der Waals surface area contributed by atoms with Crippen LogP contribution < -0.4 is 0 Å². The van der Waals surface area contributed by atoms with Crippen LogP contribution in [0, 0.1) is 5.92 Å². The highest BCUT2D eigenvalue weighted by Crippen LogP contribution is 2.10. The third-order valence-electron chi connectivity index (χ3n) is 1.77. The summed E-state index contributed by atoms with van der Waals surface area (Å²) < 4.78 is 0. The topological polar surface area (TPSA) is 12.9 Å². The second kappa shape index (κ2) is 5.28. The zero-order chi connectivity index (χ0) is 9.68. The third kappa shape index (κ3) is 3.81. The van der Waals surface area contributed by atoms with E-state index in [2.05, 4.69) is 43.3 Å². The standard InChI is InChI=1S/C11H17NS/c1-9(2)7-10-5-4-6-11(12-10)8-13-3/h4-6,9H,7-8H2,1-3H3. The van der Waals surface area contributed by atoms with Crippen LogP contribution in [0.1, 0.15) is 25.2 Å². The van der Waals surface area contributed by atoms with Gasteiger partial charge in [-0.25, -0.2) is 0 Å². The lowest BCUT2D eigenvalue weighted by atomic mass is 10.1. The molecule has 0 atom stereocenters. The number of rotatable bonds is 4. The van der Waals surface area contributed by atoms with Gasteiger partial charge in [-0.3, -0.25) is 4.98 Å². The molecule has 0 unspecified atom stereocenters. The first-order valence-corrected chi connectivity index (χ1v) is 6.05.